The van der Waals surface area contributed by atoms with Crippen LogP contribution in [0.4, 0.5) is 8.78 Å². The first-order valence-electron chi connectivity index (χ1n) is 4.46. The molecule has 0 saturated heterocycles. The molecule has 1 atom stereocenters. The first kappa shape index (κ1) is 12.4. The van der Waals surface area contributed by atoms with Gasteiger partial charge >= 0.3 is 0 Å². The maximum atomic E-state index is 12.8. The summed E-state index contributed by atoms with van der Waals surface area (Å²) in [5, 5.41) is 0. The van der Waals surface area contributed by atoms with Gasteiger partial charge in [-0.3, -0.25) is 0 Å². The van der Waals surface area contributed by atoms with Gasteiger partial charge in [-0.15, -0.1) is 11.8 Å². The van der Waals surface area contributed by atoms with Crippen molar-refractivity contribution in [1.29, 1.82) is 0 Å². The summed E-state index contributed by atoms with van der Waals surface area (Å²) in [6, 6.07) is 3.70. The van der Waals surface area contributed by atoms with Gasteiger partial charge in [-0.25, -0.2) is 8.78 Å². The fraction of sp³-hybridized carbons (Fsp3) is 0.400. The zero-order valence-electron chi connectivity index (χ0n) is 8.37. The number of methoxy groups -OCH3 is 1. The number of benzene rings is 1. The highest BCUT2D eigenvalue weighted by Crippen LogP contribution is 2.20. The molecule has 0 aliphatic rings. The Bertz CT molecular complexity index is 322. The number of ether oxygens (including phenoxy) is 1. The molecular weight excluding hydrogens is 220 g/mol. The van der Waals surface area contributed by atoms with Gasteiger partial charge in [0.15, 0.2) is 11.6 Å². The van der Waals surface area contributed by atoms with Gasteiger partial charge < -0.3 is 10.5 Å². The molecule has 0 bridgehead atoms. The summed E-state index contributed by atoms with van der Waals surface area (Å²) in [5.41, 5.74) is 5.69. The van der Waals surface area contributed by atoms with E-state index in [1.807, 2.05) is 0 Å². The largest absolute Gasteiger partial charge is 0.383 e. The number of hydrogen-bond donors (Lipinski definition) is 1. The van der Waals surface area contributed by atoms with Crippen LogP contribution in [0.1, 0.15) is 0 Å². The van der Waals surface area contributed by atoms with Gasteiger partial charge in [-0.1, -0.05) is 0 Å². The third-order valence-electron chi connectivity index (χ3n) is 1.74. The highest BCUT2D eigenvalue weighted by Gasteiger charge is 2.06. The topological polar surface area (TPSA) is 35.2 Å². The summed E-state index contributed by atoms with van der Waals surface area (Å²) < 4.78 is 30.3. The molecule has 0 aromatic heterocycles. The van der Waals surface area contributed by atoms with Crippen LogP contribution in [0.3, 0.4) is 0 Å². The monoisotopic (exact) mass is 233 g/mol. The van der Waals surface area contributed by atoms with Crippen molar-refractivity contribution in [3.63, 3.8) is 0 Å². The minimum absolute atomic E-state index is 0.104. The minimum Gasteiger partial charge on any atom is -0.383 e. The Hall–Kier alpha value is -0.650. The normalized spacial score (nSPS) is 12.8. The molecule has 5 heteroatoms. The number of halogens is 2. The van der Waals surface area contributed by atoms with Crippen LogP contribution >= 0.6 is 11.8 Å². The Balaban J connectivity index is 2.47. The Morgan fingerprint density at radius 1 is 1.40 bits per heavy atom. The molecule has 0 spiro atoms. The van der Waals surface area contributed by atoms with Crippen LogP contribution in [0.25, 0.3) is 0 Å². The van der Waals surface area contributed by atoms with E-state index in [-0.39, 0.29) is 6.04 Å². The second kappa shape index (κ2) is 6.05. The molecular formula is C10H13F2NOS. The lowest BCUT2D eigenvalue weighted by Gasteiger charge is -2.09. The van der Waals surface area contributed by atoms with Crippen molar-refractivity contribution >= 4 is 11.8 Å². The van der Waals surface area contributed by atoms with Crippen LogP contribution < -0.4 is 5.73 Å². The second-order valence-electron chi connectivity index (χ2n) is 3.10. The average molecular weight is 233 g/mol. The smallest absolute Gasteiger partial charge is 0.159 e. The first-order chi connectivity index (χ1) is 7.13. The summed E-state index contributed by atoms with van der Waals surface area (Å²) in [6.07, 6.45) is 0. The van der Waals surface area contributed by atoms with E-state index >= 15 is 0 Å². The molecule has 1 aromatic rings. The molecule has 0 aliphatic carbocycles. The van der Waals surface area contributed by atoms with Gasteiger partial charge in [0.05, 0.1) is 6.61 Å². The number of thioether (sulfide) groups is 1. The fourth-order valence-corrected chi connectivity index (χ4v) is 1.89. The van der Waals surface area contributed by atoms with Crippen LogP contribution in [0.2, 0.25) is 0 Å². The SMILES string of the molecule is COCC(N)CSc1ccc(F)c(F)c1. The molecule has 1 unspecified atom stereocenters. The van der Waals surface area contributed by atoms with Gasteiger partial charge in [0.2, 0.25) is 0 Å². The van der Waals surface area contributed by atoms with E-state index in [1.54, 1.807) is 7.11 Å². The summed E-state index contributed by atoms with van der Waals surface area (Å²) in [4.78, 5) is 0.667. The predicted molar refractivity (Wildman–Crippen MR) is 56.9 cm³/mol. The van der Waals surface area contributed by atoms with Crippen molar-refractivity contribution in [1.82, 2.24) is 0 Å². The molecule has 0 amide bonds. The van der Waals surface area contributed by atoms with Crippen molar-refractivity contribution in [2.45, 2.75) is 10.9 Å². The molecule has 1 aromatic carbocycles. The number of hydrogen-bond acceptors (Lipinski definition) is 3. The molecule has 0 radical (unpaired) electrons. The number of rotatable bonds is 5. The number of nitrogens with two attached hydrogens (primary N) is 1. The van der Waals surface area contributed by atoms with E-state index in [9.17, 15) is 8.78 Å². The van der Waals surface area contributed by atoms with Crippen LogP contribution in [-0.4, -0.2) is 25.5 Å². The molecule has 0 saturated carbocycles. The molecule has 0 heterocycles. The maximum absolute atomic E-state index is 12.8. The van der Waals surface area contributed by atoms with E-state index in [0.29, 0.717) is 17.3 Å². The fourth-order valence-electron chi connectivity index (χ4n) is 1.03. The predicted octanol–water partition coefficient (Wildman–Crippen LogP) is 2.03. The van der Waals surface area contributed by atoms with Gasteiger partial charge in [0, 0.05) is 23.8 Å². The molecule has 2 N–H and O–H groups in total. The van der Waals surface area contributed by atoms with Crippen LogP contribution in [0.15, 0.2) is 23.1 Å². The molecule has 0 aliphatic heterocycles. The summed E-state index contributed by atoms with van der Waals surface area (Å²) in [5.74, 6) is -1.06. The summed E-state index contributed by atoms with van der Waals surface area (Å²) >= 11 is 1.38. The Kier molecular flexibility index (Phi) is 5.01. The van der Waals surface area contributed by atoms with E-state index < -0.39 is 11.6 Å². The zero-order chi connectivity index (χ0) is 11.3. The van der Waals surface area contributed by atoms with Crippen molar-refractivity contribution in [2.75, 3.05) is 19.5 Å². The zero-order valence-corrected chi connectivity index (χ0v) is 9.19. The molecule has 84 valence electrons. The van der Waals surface area contributed by atoms with Crippen molar-refractivity contribution in [3.8, 4) is 0 Å². The van der Waals surface area contributed by atoms with Crippen molar-refractivity contribution < 1.29 is 13.5 Å². The highest BCUT2D eigenvalue weighted by molar-refractivity contribution is 7.99. The average Bonchev–Trinajstić information content (AvgIpc) is 2.20. The molecule has 2 nitrogen and oxygen atoms in total. The third-order valence-corrected chi connectivity index (χ3v) is 2.92. The molecule has 0 fully saturated rings. The lowest BCUT2D eigenvalue weighted by atomic mass is 10.3. The van der Waals surface area contributed by atoms with Crippen molar-refractivity contribution in [2.24, 2.45) is 5.73 Å². The highest BCUT2D eigenvalue weighted by atomic mass is 32.2. The van der Waals surface area contributed by atoms with Crippen LogP contribution in [0.5, 0.6) is 0 Å². The standard InChI is InChI=1S/C10H13F2NOS/c1-14-5-7(13)6-15-8-2-3-9(11)10(12)4-8/h2-4,7H,5-6,13H2,1H3. The summed E-state index contributed by atoms with van der Waals surface area (Å²) in [7, 11) is 1.57. The van der Waals surface area contributed by atoms with E-state index in [2.05, 4.69) is 0 Å². The quantitative estimate of drug-likeness (QED) is 0.790. The summed E-state index contributed by atoms with van der Waals surface area (Å²) in [6.45, 7) is 0.455. The Morgan fingerprint density at radius 2 is 2.13 bits per heavy atom. The van der Waals surface area contributed by atoms with E-state index in [1.165, 1.54) is 23.9 Å². The van der Waals surface area contributed by atoms with Crippen molar-refractivity contribution in [3.05, 3.63) is 29.8 Å². The maximum Gasteiger partial charge on any atom is 0.159 e. The molecule has 15 heavy (non-hydrogen) atoms. The van der Waals surface area contributed by atoms with Gasteiger partial charge in [0.25, 0.3) is 0 Å². The van der Waals surface area contributed by atoms with E-state index in [0.717, 1.165) is 6.07 Å². The van der Waals surface area contributed by atoms with Gasteiger partial charge in [-0.05, 0) is 18.2 Å². The Morgan fingerprint density at radius 3 is 2.73 bits per heavy atom. The van der Waals surface area contributed by atoms with Crippen LogP contribution in [-0.2, 0) is 4.74 Å². The van der Waals surface area contributed by atoms with Crippen LogP contribution in [0, 0.1) is 11.6 Å². The minimum atomic E-state index is -0.833. The Labute approximate surface area is 91.8 Å². The first-order valence-corrected chi connectivity index (χ1v) is 5.44. The third kappa shape index (κ3) is 4.15. The lowest BCUT2D eigenvalue weighted by Crippen LogP contribution is -2.28. The molecule has 1 rings (SSSR count). The second-order valence-corrected chi connectivity index (χ2v) is 4.20. The van der Waals surface area contributed by atoms with Gasteiger partial charge in [0.1, 0.15) is 0 Å². The lowest BCUT2D eigenvalue weighted by molar-refractivity contribution is 0.186. The van der Waals surface area contributed by atoms with E-state index in [4.69, 9.17) is 10.5 Å². The van der Waals surface area contributed by atoms with Gasteiger partial charge in [-0.2, -0.15) is 0 Å².